The van der Waals surface area contributed by atoms with Crippen LogP contribution >= 0.6 is 0 Å². The van der Waals surface area contributed by atoms with E-state index in [0.717, 1.165) is 5.39 Å². The van der Waals surface area contributed by atoms with E-state index in [4.69, 9.17) is 5.73 Å². The second-order valence-electron chi connectivity index (χ2n) is 4.90. The van der Waals surface area contributed by atoms with Gasteiger partial charge in [0, 0.05) is 12.1 Å². The van der Waals surface area contributed by atoms with Crippen LogP contribution in [0.25, 0.3) is 11.0 Å². The Hall–Kier alpha value is -1.92. The highest BCUT2D eigenvalue weighted by atomic mass is 16.3. The summed E-state index contributed by atoms with van der Waals surface area (Å²) >= 11 is 0. The Balaban J connectivity index is 2.06. The first-order valence-corrected chi connectivity index (χ1v) is 6.19. The Labute approximate surface area is 110 Å². The Kier molecular flexibility index (Phi) is 2.76. The number of nitrogens with zero attached hydrogens (tertiary/aromatic N) is 3. The van der Waals surface area contributed by atoms with Crippen molar-refractivity contribution in [2.24, 2.45) is 5.92 Å². The van der Waals surface area contributed by atoms with Crippen LogP contribution in [0.5, 0.6) is 0 Å². The van der Waals surface area contributed by atoms with Gasteiger partial charge in [-0.3, -0.25) is 0 Å². The Morgan fingerprint density at radius 1 is 1.37 bits per heavy atom. The van der Waals surface area contributed by atoms with E-state index >= 15 is 0 Å². The lowest BCUT2D eigenvalue weighted by Crippen LogP contribution is -2.28. The summed E-state index contributed by atoms with van der Waals surface area (Å²) in [6.07, 6.45) is 3.90. The minimum Gasteiger partial charge on any atom is -0.390 e. The molecular formula is C13H16N4O2. The van der Waals surface area contributed by atoms with Crippen LogP contribution in [0.3, 0.4) is 0 Å². The smallest absolute Gasteiger partial charge is 0.145 e. The fraction of sp³-hybridized carbons (Fsp3) is 0.385. The van der Waals surface area contributed by atoms with Gasteiger partial charge >= 0.3 is 0 Å². The third-order valence-electron chi connectivity index (χ3n) is 3.90. The molecule has 0 amide bonds. The van der Waals surface area contributed by atoms with Crippen molar-refractivity contribution in [2.45, 2.75) is 24.7 Å². The summed E-state index contributed by atoms with van der Waals surface area (Å²) in [5.41, 5.74) is 6.47. The Morgan fingerprint density at radius 3 is 2.84 bits per heavy atom. The molecule has 1 saturated carbocycles. The largest absolute Gasteiger partial charge is 0.390 e. The quantitative estimate of drug-likeness (QED) is 0.682. The highest BCUT2D eigenvalue weighted by molar-refractivity contribution is 5.86. The van der Waals surface area contributed by atoms with Crippen LogP contribution in [0.2, 0.25) is 0 Å². The zero-order chi connectivity index (χ0) is 13.6. The predicted molar refractivity (Wildman–Crippen MR) is 71.3 cm³/mol. The molecule has 2 aromatic heterocycles. The predicted octanol–water partition coefficient (Wildman–Crippen LogP) is 0.482. The van der Waals surface area contributed by atoms with Gasteiger partial charge in [0.25, 0.3) is 0 Å². The van der Waals surface area contributed by atoms with E-state index in [-0.39, 0.29) is 12.0 Å². The van der Waals surface area contributed by atoms with E-state index in [1.54, 1.807) is 6.08 Å². The summed E-state index contributed by atoms with van der Waals surface area (Å²) in [7, 11) is 0. The molecule has 19 heavy (non-hydrogen) atoms. The monoisotopic (exact) mass is 260 g/mol. The SMILES string of the molecule is C=CC1C[C@@H](n2ccc3c(N)ncnc32)[C@H](O)[C@@H]1O. The topological polar surface area (TPSA) is 97.2 Å². The van der Waals surface area contributed by atoms with Gasteiger partial charge in [0.1, 0.15) is 23.9 Å². The maximum Gasteiger partial charge on any atom is 0.145 e. The van der Waals surface area contributed by atoms with Crippen molar-refractivity contribution in [1.29, 1.82) is 0 Å². The molecule has 3 rings (SSSR count). The molecule has 1 unspecified atom stereocenters. The lowest BCUT2D eigenvalue weighted by atomic mass is 10.1. The lowest BCUT2D eigenvalue weighted by Gasteiger charge is -2.18. The number of nitrogen functional groups attached to an aromatic ring is 1. The molecule has 0 radical (unpaired) electrons. The van der Waals surface area contributed by atoms with Gasteiger partial charge in [-0.15, -0.1) is 6.58 Å². The van der Waals surface area contributed by atoms with Crippen molar-refractivity contribution in [1.82, 2.24) is 14.5 Å². The fourth-order valence-electron chi connectivity index (χ4n) is 2.81. The van der Waals surface area contributed by atoms with Gasteiger partial charge in [-0.1, -0.05) is 6.08 Å². The molecule has 0 bridgehead atoms. The van der Waals surface area contributed by atoms with E-state index in [0.29, 0.717) is 17.9 Å². The maximum atomic E-state index is 10.2. The number of hydrogen-bond donors (Lipinski definition) is 3. The second kappa shape index (κ2) is 4.32. The van der Waals surface area contributed by atoms with Crippen LogP contribution in [0.1, 0.15) is 12.5 Å². The van der Waals surface area contributed by atoms with Crippen molar-refractivity contribution in [2.75, 3.05) is 5.73 Å². The summed E-state index contributed by atoms with van der Waals surface area (Å²) in [5.74, 6) is 0.300. The fourth-order valence-corrected chi connectivity index (χ4v) is 2.81. The van der Waals surface area contributed by atoms with Gasteiger partial charge in [-0.2, -0.15) is 0 Å². The van der Waals surface area contributed by atoms with Crippen LogP contribution in [0.4, 0.5) is 5.82 Å². The van der Waals surface area contributed by atoms with Gasteiger partial charge in [0.15, 0.2) is 0 Å². The summed E-state index contributed by atoms with van der Waals surface area (Å²) < 4.78 is 1.85. The zero-order valence-corrected chi connectivity index (χ0v) is 10.3. The van der Waals surface area contributed by atoms with E-state index in [2.05, 4.69) is 16.5 Å². The van der Waals surface area contributed by atoms with Crippen molar-refractivity contribution in [3.63, 3.8) is 0 Å². The number of rotatable bonds is 2. The number of aromatic nitrogens is 3. The highest BCUT2D eigenvalue weighted by Gasteiger charge is 2.41. The molecule has 0 aliphatic heterocycles. The molecule has 2 heterocycles. The summed E-state index contributed by atoms with van der Waals surface area (Å²) in [4.78, 5) is 8.15. The van der Waals surface area contributed by atoms with Gasteiger partial charge < -0.3 is 20.5 Å². The Morgan fingerprint density at radius 2 is 2.16 bits per heavy atom. The minimum atomic E-state index is -0.838. The summed E-state index contributed by atoms with van der Waals surface area (Å²) in [5, 5.41) is 20.9. The molecule has 100 valence electrons. The van der Waals surface area contributed by atoms with Crippen LogP contribution in [0, 0.1) is 5.92 Å². The van der Waals surface area contributed by atoms with Crippen molar-refractivity contribution < 1.29 is 10.2 Å². The Bertz CT molecular complexity index is 624. The lowest BCUT2D eigenvalue weighted by molar-refractivity contribution is 0.0138. The average Bonchev–Trinajstić information content (AvgIpc) is 2.94. The summed E-state index contributed by atoms with van der Waals surface area (Å²) in [6.45, 7) is 3.69. The van der Waals surface area contributed by atoms with E-state index in [1.165, 1.54) is 6.33 Å². The highest BCUT2D eigenvalue weighted by Crippen LogP contribution is 2.37. The molecule has 6 heteroatoms. The third kappa shape index (κ3) is 1.72. The number of aliphatic hydroxyl groups is 2. The van der Waals surface area contributed by atoms with Gasteiger partial charge in [-0.25, -0.2) is 9.97 Å². The molecule has 1 fully saturated rings. The van der Waals surface area contributed by atoms with E-state index < -0.39 is 12.2 Å². The number of fused-ring (bicyclic) bond motifs is 1. The van der Waals surface area contributed by atoms with Crippen molar-refractivity contribution >= 4 is 16.9 Å². The van der Waals surface area contributed by atoms with Crippen LogP contribution in [0.15, 0.2) is 31.2 Å². The molecule has 4 N–H and O–H groups in total. The molecule has 4 atom stereocenters. The van der Waals surface area contributed by atoms with Gasteiger partial charge in [0.2, 0.25) is 0 Å². The molecule has 0 aromatic carbocycles. The first-order chi connectivity index (χ1) is 9.13. The van der Waals surface area contributed by atoms with E-state index in [9.17, 15) is 10.2 Å². The molecule has 6 nitrogen and oxygen atoms in total. The standard InChI is InChI=1S/C13H16N4O2/c1-2-7-5-9(11(19)10(7)18)17-4-3-8-12(14)15-6-16-13(8)17/h2-4,6-7,9-11,18-19H,1,5H2,(H2,14,15,16)/t7?,9-,10-,11+/m1/s1. The normalized spacial score (nSPS) is 30.8. The number of hydrogen-bond acceptors (Lipinski definition) is 5. The number of nitrogens with two attached hydrogens (primary N) is 1. The minimum absolute atomic E-state index is 0.114. The van der Waals surface area contributed by atoms with Gasteiger partial charge in [0.05, 0.1) is 17.5 Å². The molecular weight excluding hydrogens is 244 g/mol. The molecule has 1 aliphatic rings. The van der Waals surface area contributed by atoms with Crippen LogP contribution < -0.4 is 5.73 Å². The molecule has 0 saturated heterocycles. The number of anilines is 1. The molecule has 2 aromatic rings. The van der Waals surface area contributed by atoms with Crippen molar-refractivity contribution in [3.05, 3.63) is 31.2 Å². The molecule has 1 aliphatic carbocycles. The van der Waals surface area contributed by atoms with Crippen LogP contribution in [-0.4, -0.2) is 37.0 Å². The van der Waals surface area contributed by atoms with Crippen LogP contribution in [-0.2, 0) is 0 Å². The van der Waals surface area contributed by atoms with Gasteiger partial charge in [-0.05, 0) is 12.5 Å². The van der Waals surface area contributed by atoms with Crippen molar-refractivity contribution in [3.8, 4) is 0 Å². The first-order valence-electron chi connectivity index (χ1n) is 6.19. The average molecular weight is 260 g/mol. The summed E-state index contributed by atoms with van der Waals surface area (Å²) in [6, 6.07) is 1.59. The zero-order valence-electron chi connectivity index (χ0n) is 10.3. The maximum absolute atomic E-state index is 10.2. The number of aliphatic hydroxyl groups excluding tert-OH is 2. The molecule has 0 spiro atoms. The second-order valence-corrected chi connectivity index (χ2v) is 4.90. The van der Waals surface area contributed by atoms with E-state index in [1.807, 2.05) is 16.8 Å². The first kappa shape index (κ1) is 12.1. The third-order valence-corrected chi connectivity index (χ3v) is 3.90.